The Bertz CT molecular complexity index is 807. The van der Waals surface area contributed by atoms with Gasteiger partial charge < -0.3 is 10.0 Å². The van der Waals surface area contributed by atoms with Crippen molar-refractivity contribution in [3.05, 3.63) is 41.2 Å². The molecular weight excluding hydrogens is 356 g/mol. The second-order valence-corrected chi connectivity index (χ2v) is 7.79. The van der Waals surface area contributed by atoms with Gasteiger partial charge in [0.25, 0.3) is 0 Å². The lowest BCUT2D eigenvalue weighted by molar-refractivity contribution is -0.134. The second kappa shape index (κ2) is 8.79. The maximum absolute atomic E-state index is 12.3. The van der Waals surface area contributed by atoms with Crippen LogP contribution in [0.25, 0.3) is 0 Å². The number of fused-ring (bicyclic) bond motifs is 1. The SMILES string of the molecule is O=C(CCCn1nnnc1CN1CCc2ccccc2C1)N1CCC[C@@H](O)C1. The number of piperidine rings is 1. The first-order valence-corrected chi connectivity index (χ1v) is 10.2. The normalized spacial score (nSPS) is 20.2. The van der Waals surface area contributed by atoms with Crippen molar-refractivity contribution in [2.75, 3.05) is 19.6 Å². The Balaban J connectivity index is 1.27. The van der Waals surface area contributed by atoms with Crippen molar-refractivity contribution in [1.29, 1.82) is 0 Å². The predicted molar refractivity (Wildman–Crippen MR) is 103 cm³/mol. The van der Waals surface area contributed by atoms with Crippen molar-refractivity contribution < 1.29 is 9.90 Å². The third-order valence-electron chi connectivity index (χ3n) is 5.69. The number of hydrogen-bond acceptors (Lipinski definition) is 6. The molecule has 1 atom stereocenters. The van der Waals surface area contributed by atoms with Gasteiger partial charge in [-0.2, -0.15) is 0 Å². The van der Waals surface area contributed by atoms with Crippen LogP contribution in [0.2, 0.25) is 0 Å². The number of aromatic nitrogens is 4. The van der Waals surface area contributed by atoms with Crippen LogP contribution in [0.3, 0.4) is 0 Å². The summed E-state index contributed by atoms with van der Waals surface area (Å²) in [6.45, 7) is 4.48. The highest BCUT2D eigenvalue weighted by atomic mass is 16.3. The van der Waals surface area contributed by atoms with Crippen LogP contribution in [-0.2, 0) is 30.8 Å². The molecule has 0 saturated carbocycles. The van der Waals surface area contributed by atoms with Gasteiger partial charge in [-0.1, -0.05) is 24.3 Å². The number of aliphatic hydroxyl groups excluding tert-OH is 1. The first kappa shape index (κ1) is 19.0. The maximum Gasteiger partial charge on any atom is 0.222 e. The Morgan fingerprint density at radius 1 is 1.21 bits per heavy atom. The molecule has 2 aromatic rings. The molecule has 8 nitrogen and oxygen atoms in total. The third-order valence-corrected chi connectivity index (χ3v) is 5.69. The number of tetrazole rings is 1. The Morgan fingerprint density at radius 3 is 2.93 bits per heavy atom. The van der Waals surface area contributed by atoms with Gasteiger partial charge in [0.1, 0.15) is 0 Å². The summed E-state index contributed by atoms with van der Waals surface area (Å²) < 4.78 is 1.82. The summed E-state index contributed by atoms with van der Waals surface area (Å²) in [5.74, 6) is 0.959. The summed E-state index contributed by atoms with van der Waals surface area (Å²) in [4.78, 5) is 16.5. The molecule has 0 aliphatic carbocycles. The van der Waals surface area contributed by atoms with E-state index in [1.54, 1.807) is 4.90 Å². The van der Waals surface area contributed by atoms with Gasteiger partial charge >= 0.3 is 0 Å². The van der Waals surface area contributed by atoms with E-state index in [4.69, 9.17) is 0 Å². The lowest BCUT2D eigenvalue weighted by atomic mass is 10.00. The van der Waals surface area contributed by atoms with Crippen molar-refractivity contribution in [3.63, 3.8) is 0 Å². The molecule has 8 heteroatoms. The van der Waals surface area contributed by atoms with Crippen LogP contribution in [0, 0.1) is 0 Å². The minimum absolute atomic E-state index is 0.112. The molecule has 2 aliphatic heterocycles. The molecule has 0 radical (unpaired) electrons. The molecule has 4 rings (SSSR count). The molecule has 1 fully saturated rings. The molecule has 28 heavy (non-hydrogen) atoms. The molecular formula is C20H28N6O2. The highest BCUT2D eigenvalue weighted by Crippen LogP contribution is 2.19. The molecule has 1 aromatic carbocycles. The van der Waals surface area contributed by atoms with Gasteiger partial charge in [0, 0.05) is 39.1 Å². The van der Waals surface area contributed by atoms with Gasteiger partial charge in [0.05, 0.1) is 12.6 Å². The molecule has 1 aromatic heterocycles. The van der Waals surface area contributed by atoms with Gasteiger partial charge in [-0.25, -0.2) is 4.68 Å². The predicted octanol–water partition coefficient (Wildman–Crippen LogP) is 0.995. The summed E-state index contributed by atoms with van der Waals surface area (Å²) in [5, 5.41) is 21.9. The number of rotatable bonds is 6. The molecule has 1 saturated heterocycles. The highest BCUT2D eigenvalue weighted by Gasteiger charge is 2.22. The molecule has 3 heterocycles. The van der Waals surface area contributed by atoms with Gasteiger partial charge in [0.2, 0.25) is 5.91 Å². The monoisotopic (exact) mass is 384 g/mol. The number of amides is 1. The maximum atomic E-state index is 12.3. The van der Waals surface area contributed by atoms with Crippen LogP contribution >= 0.6 is 0 Å². The Labute approximate surface area is 165 Å². The third kappa shape index (κ3) is 4.56. The van der Waals surface area contributed by atoms with E-state index < -0.39 is 0 Å². The lowest BCUT2D eigenvalue weighted by Crippen LogP contribution is -2.42. The fourth-order valence-electron chi connectivity index (χ4n) is 4.12. The number of carbonyl (C=O) groups excluding carboxylic acids is 1. The zero-order chi connectivity index (χ0) is 19.3. The Morgan fingerprint density at radius 2 is 2.07 bits per heavy atom. The molecule has 1 amide bonds. The van der Waals surface area contributed by atoms with Crippen molar-refractivity contribution >= 4 is 5.91 Å². The molecule has 1 N–H and O–H groups in total. The van der Waals surface area contributed by atoms with Crippen LogP contribution < -0.4 is 0 Å². The smallest absolute Gasteiger partial charge is 0.222 e. The fraction of sp³-hybridized carbons (Fsp3) is 0.600. The largest absolute Gasteiger partial charge is 0.391 e. The number of nitrogens with zero attached hydrogens (tertiary/aromatic N) is 6. The summed E-state index contributed by atoms with van der Waals surface area (Å²) in [6.07, 6.45) is 3.50. The molecule has 0 spiro atoms. The van der Waals surface area contributed by atoms with Crippen molar-refractivity contribution in [3.8, 4) is 0 Å². The number of carbonyl (C=O) groups is 1. The molecule has 0 unspecified atom stereocenters. The van der Waals surface area contributed by atoms with E-state index in [9.17, 15) is 9.90 Å². The number of aliphatic hydroxyl groups is 1. The van der Waals surface area contributed by atoms with Gasteiger partial charge in [-0.3, -0.25) is 9.69 Å². The van der Waals surface area contributed by atoms with Crippen LogP contribution in [-0.4, -0.2) is 66.8 Å². The second-order valence-electron chi connectivity index (χ2n) is 7.79. The standard InChI is InChI=1S/C20H28N6O2/c27-18-7-3-10-25(14-18)20(28)8-4-11-26-19(21-22-23-26)15-24-12-9-16-5-1-2-6-17(16)13-24/h1-2,5-6,18,27H,3-4,7-15H2/t18-/m1/s1. The van der Waals surface area contributed by atoms with E-state index in [0.29, 0.717) is 32.5 Å². The zero-order valence-corrected chi connectivity index (χ0v) is 16.2. The number of likely N-dealkylation sites (tertiary alicyclic amines) is 1. The average Bonchev–Trinajstić information content (AvgIpc) is 3.14. The number of aryl methyl sites for hydroxylation is 1. The summed E-state index contributed by atoms with van der Waals surface area (Å²) in [6, 6.07) is 8.58. The quantitative estimate of drug-likeness (QED) is 0.799. The van der Waals surface area contributed by atoms with E-state index >= 15 is 0 Å². The Hall–Kier alpha value is -2.32. The molecule has 2 aliphatic rings. The summed E-state index contributed by atoms with van der Waals surface area (Å²) in [5.41, 5.74) is 2.81. The first-order chi connectivity index (χ1) is 13.7. The van der Waals surface area contributed by atoms with Crippen LogP contribution in [0.4, 0.5) is 0 Å². The van der Waals surface area contributed by atoms with Crippen LogP contribution in [0.15, 0.2) is 24.3 Å². The number of β-amino-alcohol motifs (C(OH)–C–C–N with tert-alkyl or cyclic N) is 1. The minimum atomic E-state index is -0.376. The molecule has 150 valence electrons. The zero-order valence-electron chi connectivity index (χ0n) is 16.2. The van der Waals surface area contributed by atoms with Crippen molar-refractivity contribution in [1.82, 2.24) is 30.0 Å². The van der Waals surface area contributed by atoms with Crippen molar-refractivity contribution in [2.24, 2.45) is 0 Å². The topological polar surface area (TPSA) is 87.4 Å². The van der Waals surface area contributed by atoms with Crippen molar-refractivity contribution in [2.45, 2.75) is 57.8 Å². The summed E-state index contributed by atoms with van der Waals surface area (Å²) >= 11 is 0. The highest BCUT2D eigenvalue weighted by molar-refractivity contribution is 5.76. The van der Waals surface area contributed by atoms with E-state index in [2.05, 4.69) is 44.7 Å². The summed E-state index contributed by atoms with van der Waals surface area (Å²) in [7, 11) is 0. The minimum Gasteiger partial charge on any atom is -0.391 e. The van der Waals surface area contributed by atoms with Gasteiger partial charge in [0.15, 0.2) is 5.82 Å². The van der Waals surface area contributed by atoms with E-state index in [1.807, 2.05) is 4.68 Å². The van der Waals surface area contributed by atoms with Crippen LogP contribution in [0.1, 0.15) is 42.6 Å². The van der Waals surface area contributed by atoms with Gasteiger partial charge in [-0.05, 0) is 47.2 Å². The molecule has 0 bridgehead atoms. The van der Waals surface area contributed by atoms with Crippen LogP contribution in [0.5, 0.6) is 0 Å². The first-order valence-electron chi connectivity index (χ1n) is 10.2. The fourth-order valence-corrected chi connectivity index (χ4v) is 4.12. The number of hydrogen-bond donors (Lipinski definition) is 1. The van der Waals surface area contributed by atoms with E-state index in [1.165, 1.54) is 11.1 Å². The Kier molecular flexibility index (Phi) is 5.97. The number of benzene rings is 1. The van der Waals surface area contributed by atoms with E-state index in [0.717, 1.165) is 44.7 Å². The average molecular weight is 384 g/mol. The van der Waals surface area contributed by atoms with Gasteiger partial charge in [-0.15, -0.1) is 5.10 Å². The van der Waals surface area contributed by atoms with E-state index in [-0.39, 0.29) is 12.0 Å². The lowest BCUT2D eigenvalue weighted by Gasteiger charge is -2.30.